The van der Waals surface area contributed by atoms with Crippen molar-refractivity contribution in [3.63, 3.8) is 0 Å². The number of nitrogens with one attached hydrogen (secondary N) is 1. The molecule has 1 fully saturated rings. The molecule has 3 rings (SSSR count). The van der Waals surface area contributed by atoms with Crippen LogP contribution < -0.4 is 5.32 Å². The number of carbonyl (C=O) groups is 1. The standard InChI is InChI=1S/C17H17F3N2O3S2/c18-17(19,20)13-4-1-2-5-14(13)21-16(23)12-7-9-22(10-8-12)27(24,25)15-6-3-11-26-15/h1-6,11-12H,7-10H2,(H,21,23). The Balaban J connectivity index is 1.65. The van der Waals surface area contributed by atoms with Gasteiger partial charge in [-0.1, -0.05) is 18.2 Å². The Morgan fingerprint density at radius 1 is 1.11 bits per heavy atom. The van der Waals surface area contributed by atoms with Crippen molar-refractivity contribution in [3.05, 3.63) is 47.3 Å². The molecular formula is C17H17F3N2O3S2. The number of nitrogens with zero attached hydrogens (tertiary/aromatic N) is 1. The molecule has 146 valence electrons. The van der Waals surface area contributed by atoms with Gasteiger partial charge in [-0.3, -0.25) is 4.79 Å². The highest BCUT2D eigenvalue weighted by molar-refractivity contribution is 7.91. The Morgan fingerprint density at radius 2 is 1.78 bits per heavy atom. The van der Waals surface area contributed by atoms with Gasteiger partial charge < -0.3 is 5.32 Å². The summed E-state index contributed by atoms with van der Waals surface area (Å²) < 4.78 is 65.6. The van der Waals surface area contributed by atoms with E-state index in [1.807, 2.05) is 0 Å². The number of hydrogen-bond acceptors (Lipinski definition) is 4. The van der Waals surface area contributed by atoms with Gasteiger partial charge in [-0.25, -0.2) is 8.42 Å². The van der Waals surface area contributed by atoms with Gasteiger partial charge in [0.15, 0.2) is 0 Å². The van der Waals surface area contributed by atoms with Crippen LogP contribution in [-0.4, -0.2) is 31.7 Å². The normalized spacial score (nSPS) is 17.0. The average molecular weight is 418 g/mol. The fraction of sp³-hybridized carbons (Fsp3) is 0.353. The van der Waals surface area contributed by atoms with E-state index in [0.29, 0.717) is 0 Å². The van der Waals surface area contributed by atoms with E-state index in [2.05, 4.69) is 5.32 Å². The van der Waals surface area contributed by atoms with Crippen LogP contribution in [0.15, 0.2) is 46.0 Å². The second-order valence-electron chi connectivity index (χ2n) is 6.14. The Kier molecular flexibility index (Phi) is 5.59. The van der Waals surface area contributed by atoms with Gasteiger partial charge in [0.25, 0.3) is 10.0 Å². The zero-order valence-electron chi connectivity index (χ0n) is 14.1. The molecule has 0 saturated carbocycles. The van der Waals surface area contributed by atoms with Crippen molar-refractivity contribution in [1.82, 2.24) is 4.31 Å². The molecule has 0 bridgehead atoms. The molecule has 27 heavy (non-hydrogen) atoms. The molecule has 1 saturated heterocycles. The second kappa shape index (κ2) is 7.61. The van der Waals surface area contributed by atoms with Gasteiger partial charge in [-0.15, -0.1) is 11.3 Å². The summed E-state index contributed by atoms with van der Waals surface area (Å²) >= 11 is 1.12. The molecule has 2 heterocycles. The van der Waals surface area contributed by atoms with Crippen molar-refractivity contribution < 1.29 is 26.4 Å². The third-order valence-corrected chi connectivity index (χ3v) is 7.68. The summed E-state index contributed by atoms with van der Waals surface area (Å²) in [5, 5.41) is 4.01. The Morgan fingerprint density at radius 3 is 2.37 bits per heavy atom. The van der Waals surface area contributed by atoms with E-state index in [9.17, 15) is 26.4 Å². The maximum Gasteiger partial charge on any atom is 0.418 e. The minimum absolute atomic E-state index is 0.152. The van der Waals surface area contributed by atoms with Crippen LogP contribution in [0, 0.1) is 5.92 Å². The van der Waals surface area contributed by atoms with E-state index in [0.717, 1.165) is 17.4 Å². The molecule has 1 N–H and O–H groups in total. The topological polar surface area (TPSA) is 66.5 Å². The van der Waals surface area contributed by atoms with Gasteiger partial charge in [0.1, 0.15) is 4.21 Å². The van der Waals surface area contributed by atoms with Crippen LogP contribution >= 0.6 is 11.3 Å². The average Bonchev–Trinajstić information content (AvgIpc) is 3.17. The molecule has 1 aromatic carbocycles. The van der Waals surface area contributed by atoms with Gasteiger partial charge in [-0.05, 0) is 36.4 Å². The third-order valence-electron chi connectivity index (χ3n) is 4.40. The summed E-state index contributed by atoms with van der Waals surface area (Å²) in [6.45, 7) is 0.304. The molecule has 0 aliphatic carbocycles. The molecule has 0 unspecified atom stereocenters. The van der Waals surface area contributed by atoms with Crippen molar-refractivity contribution in [3.8, 4) is 0 Å². The Hall–Kier alpha value is -1.91. The lowest BCUT2D eigenvalue weighted by Gasteiger charge is -2.30. The van der Waals surface area contributed by atoms with Crippen molar-refractivity contribution in [2.75, 3.05) is 18.4 Å². The SMILES string of the molecule is O=C(Nc1ccccc1C(F)(F)F)C1CCN(S(=O)(=O)c2cccs2)CC1. The smallest absolute Gasteiger partial charge is 0.325 e. The summed E-state index contributed by atoms with van der Waals surface area (Å²) in [5.74, 6) is -1.07. The summed E-state index contributed by atoms with van der Waals surface area (Å²) in [7, 11) is -3.58. The van der Waals surface area contributed by atoms with Gasteiger partial charge >= 0.3 is 6.18 Å². The van der Waals surface area contributed by atoms with E-state index < -0.39 is 33.6 Å². The molecule has 10 heteroatoms. The van der Waals surface area contributed by atoms with Crippen molar-refractivity contribution in [2.24, 2.45) is 5.92 Å². The van der Waals surface area contributed by atoms with Crippen LogP contribution in [-0.2, 0) is 21.0 Å². The van der Waals surface area contributed by atoms with Gasteiger partial charge in [0, 0.05) is 19.0 Å². The number of alkyl halides is 3. The molecule has 0 radical (unpaired) electrons. The van der Waals surface area contributed by atoms with E-state index in [1.165, 1.54) is 28.6 Å². The number of piperidine rings is 1. The first-order valence-corrected chi connectivity index (χ1v) is 10.5. The molecule has 2 aromatic rings. The number of hydrogen-bond donors (Lipinski definition) is 1. The highest BCUT2D eigenvalue weighted by Gasteiger charge is 2.35. The first kappa shape index (κ1) is 19.8. The molecule has 0 atom stereocenters. The number of rotatable bonds is 4. The molecule has 1 aromatic heterocycles. The summed E-state index contributed by atoms with van der Waals surface area (Å²) in [4.78, 5) is 12.4. The number of para-hydroxylation sites is 1. The lowest BCUT2D eigenvalue weighted by Crippen LogP contribution is -2.41. The zero-order valence-corrected chi connectivity index (χ0v) is 15.7. The van der Waals surface area contributed by atoms with Crippen molar-refractivity contribution >= 4 is 33.0 Å². The fourth-order valence-corrected chi connectivity index (χ4v) is 5.58. The number of carbonyl (C=O) groups excluding carboxylic acids is 1. The second-order valence-corrected chi connectivity index (χ2v) is 9.26. The van der Waals surface area contributed by atoms with Crippen LogP contribution in [0.3, 0.4) is 0 Å². The van der Waals surface area contributed by atoms with Gasteiger partial charge in [0.05, 0.1) is 11.3 Å². The maximum atomic E-state index is 13.0. The van der Waals surface area contributed by atoms with E-state index in [-0.39, 0.29) is 35.8 Å². The first-order valence-electron chi connectivity index (χ1n) is 8.20. The molecule has 5 nitrogen and oxygen atoms in total. The molecule has 0 spiro atoms. The maximum absolute atomic E-state index is 13.0. The number of sulfonamides is 1. The van der Waals surface area contributed by atoms with Crippen LogP contribution in [0.2, 0.25) is 0 Å². The predicted molar refractivity (Wildman–Crippen MR) is 95.9 cm³/mol. The fourth-order valence-electron chi connectivity index (χ4n) is 2.97. The van der Waals surface area contributed by atoms with Crippen molar-refractivity contribution in [2.45, 2.75) is 23.2 Å². The monoisotopic (exact) mass is 418 g/mol. The van der Waals surface area contributed by atoms with Gasteiger partial charge in [0.2, 0.25) is 5.91 Å². The van der Waals surface area contributed by atoms with Crippen molar-refractivity contribution in [1.29, 1.82) is 0 Å². The third kappa shape index (κ3) is 4.33. The largest absolute Gasteiger partial charge is 0.418 e. The Bertz CT molecular complexity index is 904. The highest BCUT2D eigenvalue weighted by Crippen LogP contribution is 2.35. The lowest BCUT2D eigenvalue weighted by molar-refractivity contribution is -0.137. The summed E-state index contributed by atoms with van der Waals surface area (Å²) in [6.07, 6.45) is -4.06. The van der Waals surface area contributed by atoms with Crippen LogP contribution in [0.4, 0.5) is 18.9 Å². The van der Waals surface area contributed by atoms with E-state index in [4.69, 9.17) is 0 Å². The first-order chi connectivity index (χ1) is 12.7. The van der Waals surface area contributed by atoms with E-state index in [1.54, 1.807) is 11.4 Å². The quantitative estimate of drug-likeness (QED) is 0.821. The van der Waals surface area contributed by atoms with Gasteiger partial charge in [-0.2, -0.15) is 17.5 Å². The van der Waals surface area contributed by atoms with Crippen LogP contribution in [0.5, 0.6) is 0 Å². The molecular weight excluding hydrogens is 401 g/mol. The highest BCUT2D eigenvalue weighted by atomic mass is 32.2. The molecule has 1 amide bonds. The minimum atomic E-state index is -4.57. The Labute approximate surface area is 158 Å². The summed E-state index contributed by atoms with van der Waals surface area (Å²) in [5.41, 5.74) is -1.19. The molecule has 1 aliphatic rings. The lowest BCUT2D eigenvalue weighted by atomic mass is 9.97. The number of halogens is 3. The number of anilines is 1. The minimum Gasteiger partial charge on any atom is -0.325 e. The predicted octanol–water partition coefficient (Wildman–Crippen LogP) is 3.81. The van der Waals surface area contributed by atoms with Crippen LogP contribution in [0.25, 0.3) is 0 Å². The summed E-state index contributed by atoms with van der Waals surface area (Å²) in [6, 6.07) is 7.96. The zero-order chi connectivity index (χ0) is 19.7. The molecule has 1 aliphatic heterocycles. The number of amides is 1. The van der Waals surface area contributed by atoms with Crippen LogP contribution in [0.1, 0.15) is 18.4 Å². The van der Waals surface area contributed by atoms with E-state index >= 15 is 0 Å². The number of thiophene rings is 1. The number of benzene rings is 1.